The van der Waals surface area contributed by atoms with E-state index in [1.165, 1.54) is 12.3 Å². The summed E-state index contributed by atoms with van der Waals surface area (Å²) in [6.07, 6.45) is 0.472. The van der Waals surface area contributed by atoms with Crippen molar-refractivity contribution in [1.82, 2.24) is 0 Å². The molecule has 0 amide bonds. The highest BCUT2D eigenvalue weighted by Crippen LogP contribution is 2.37. The molecule has 0 bridgehead atoms. The Kier molecular flexibility index (Phi) is 2.64. The number of hydrogen-bond acceptors (Lipinski definition) is 4. The van der Waals surface area contributed by atoms with Crippen molar-refractivity contribution < 1.29 is 13.9 Å². The average molecular weight is 244 g/mol. The Morgan fingerprint density at radius 2 is 1.89 bits per heavy atom. The molecule has 0 spiro atoms. The molecule has 0 saturated heterocycles. The Morgan fingerprint density at radius 1 is 1.11 bits per heavy atom. The minimum atomic E-state index is -0.570. The van der Waals surface area contributed by atoms with Gasteiger partial charge in [0.05, 0.1) is 6.26 Å². The maximum absolute atomic E-state index is 11.7. The molecular formula is C14H12O4. The van der Waals surface area contributed by atoms with E-state index in [1.54, 1.807) is 0 Å². The lowest BCUT2D eigenvalue weighted by Gasteiger charge is -2.28. The van der Waals surface area contributed by atoms with Gasteiger partial charge in [0.25, 0.3) is 0 Å². The third-order valence-electron chi connectivity index (χ3n) is 2.86. The first-order chi connectivity index (χ1) is 8.75. The molecule has 0 radical (unpaired) electrons. The summed E-state index contributed by atoms with van der Waals surface area (Å²) in [6.45, 7) is 1.83. The molecule has 0 aliphatic carbocycles. The van der Waals surface area contributed by atoms with Gasteiger partial charge in [-0.1, -0.05) is 30.3 Å². The van der Waals surface area contributed by atoms with Crippen LogP contribution in [0.4, 0.5) is 0 Å². The summed E-state index contributed by atoms with van der Waals surface area (Å²) in [7, 11) is 0. The van der Waals surface area contributed by atoms with Gasteiger partial charge in [-0.15, -0.1) is 0 Å². The van der Waals surface area contributed by atoms with E-state index >= 15 is 0 Å². The molecule has 1 aromatic heterocycles. The minimum absolute atomic E-state index is 0.188. The van der Waals surface area contributed by atoms with Gasteiger partial charge in [-0.2, -0.15) is 0 Å². The Labute approximate surface area is 104 Å². The van der Waals surface area contributed by atoms with Crippen molar-refractivity contribution in [1.29, 1.82) is 0 Å². The van der Waals surface area contributed by atoms with Gasteiger partial charge in [-0.3, -0.25) is 4.79 Å². The second kappa shape index (κ2) is 4.31. The second-order valence-corrected chi connectivity index (χ2v) is 4.12. The maximum Gasteiger partial charge on any atom is 0.227 e. The van der Waals surface area contributed by atoms with Crippen molar-refractivity contribution in [3.8, 4) is 5.75 Å². The lowest BCUT2D eigenvalue weighted by atomic mass is 10.2. The first-order valence-corrected chi connectivity index (χ1v) is 5.74. The van der Waals surface area contributed by atoms with Crippen molar-refractivity contribution in [2.45, 2.75) is 19.3 Å². The summed E-state index contributed by atoms with van der Waals surface area (Å²) in [5, 5.41) is 0. The second-order valence-electron chi connectivity index (χ2n) is 4.12. The first kappa shape index (κ1) is 11.0. The molecule has 0 saturated carbocycles. The molecule has 2 aromatic rings. The van der Waals surface area contributed by atoms with Crippen LogP contribution in [0.5, 0.6) is 5.75 Å². The van der Waals surface area contributed by atoms with Crippen molar-refractivity contribution in [3.05, 3.63) is 64.2 Å². The summed E-state index contributed by atoms with van der Waals surface area (Å²) in [6, 6.07) is 10.8. The third kappa shape index (κ3) is 1.80. The summed E-state index contributed by atoms with van der Waals surface area (Å²) in [5.74, 6) is 0.680. The number of hydrogen-bond donors (Lipinski definition) is 0. The molecule has 4 nitrogen and oxygen atoms in total. The van der Waals surface area contributed by atoms with E-state index in [9.17, 15) is 4.79 Å². The Balaban J connectivity index is 2.01. The van der Waals surface area contributed by atoms with Crippen molar-refractivity contribution >= 4 is 0 Å². The molecule has 2 heterocycles. The molecule has 0 unspecified atom stereocenters. The molecule has 2 atom stereocenters. The van der Waals surface area contributed by atoms with E-state index in [4.69, 9.17) is 13.9 Å². The highest BCUT2D eigenvalue weighted by Gasteiger charge is 2.30. The molecule has 1 aromatic carbocycles. The highest BCUT2D eigenvalue weighted by molar-refractivity contribution is 5.29. The van der Waals surface area contributed by atoms with Crippen LogP contribution in [0.3, 0.4) is 0 Å². The van der Waals surface area contributed by atoms with E-state index < -0.39 is 6.29 Å². The van der Waals surface area contributed by atoms with E-state index in [-0.39, 0.29) is 17.3 Å². The number of benzene rings is 1. The van der Waals surface area contributed by atoms with Crippen LogP contribution in [0, 0.1) is 0 Å². The van der Waals surface area contributed by atoms with Crippen LogP contribution in [-0.2, 0) is 4.74 Å². The summed E-state index contributed by atoms with van der Waals surface area (Å²) in [5.41, 5.74) is 0.686. The van der Waals surface area contributed by atoms with E-state index in [0.29, 0.717) is 5.76 Å². The molecule has 1 aliphatic heterocycles. The van der Waals surface area contributed by atoms with Crippen LogP contribution in [0.2, 0.25) is 0 Å². The molecule has 92 valence electrons. The third-order valence-corrected chi connectivity index (χ3v) is 2.86. The summed E-state index contributed by atoms with van der Waals surface area (Å²) in [4.78, 5) is 11.7. The molecular weight excluding hydrogens is 232 g/mol. The van der Waals surface area contributed by atoms with Crippen molar-refractivity contribution in [3.63, 3.8) is 0 Å². The van der Waals surface area contributed by atoms with Crippen LogP contribution in [-0.4, -0.2) is 0 Å². The van der Waals surface area contributed by atoms with Crippen molar-refractivity contribution in [2.75, 3.05) is 0 Å². The normalized spacial score (nSPS) is 22.1. The molecule has 0 N–H and O–H groups in total. The summed E-state index contributed by atoms with van der Waals surface area (Å²) >= 11 is 0. The Bertz CT molecular complexity index is 603. The van der Waals surface area contributed by atoms with Gasteiger partial charge in [0.2, 0.25) is 17.5 Å². The average Bonchev–Trinajstić information content (AvgIpc) is 2.41. The lowest BCUT2D eigenvalue weighted by molar-refractivity contribution is -0.148. The molecule has 3 rings (SSSR count). The zero-order valence-corrected chi connectivity index (χ0v) is 9.83. The first-order valence-electron chi connectivity index (χ1n) is 5.74. The standard InChI is InChI=1S/C14H12O4/c1-9-12-13(11(15)7-8-16-12)18-14(17-9)10-5-3-2-4-6-10/h2-9,14H,1H3/t9-,14+/m0/s1. The topological polar surface area (TPSA) is 48.7 Å². The zero-order valence-electron chi connectivity index (χ0n) is 9.83. The fourth-order valence-electron chi connectivity index (χ4n) is 1.96. The summed E-state index contributed by atoms with van der Waals surface area (Å²) < 4.78 is 16.6. The molecule has 18 heavy (non-hydrogen) atoms. The fourth-order valence-corrected chi connectivity index (χ4v) is 1.96. The van der Waals surface area contributed by atoms with Gasteiger partial charge in [0.1, 0.15) is 6.10 Å². The maximum atomic E-state index is 11.7. The van der Waals surface area contributed by atoms with Crippen molar-refractivity contribution in [2.24, 2.45) is 0 Å². The van der Waals surface area contributed by atoms with Gasteiger partial charge in [0.15, 0.2) is 5.76 Å². The number of rotatable bonds is 1. The van der Waals surface area contributed by atoms with Crippen LogP contribution >= 0.6 is 0 Å². The van der Waals surface area contributed by atoms with E-state index in [0.717, 1.165) is 5.56 Å². The molecule has 1 aliphatic rings. The lowest BCUT2D eigenvalue weighted by Crippen LogP contribution is -2.24. The Hall–Kier alpha value is -2.07. The van der Waals surface area contributed by atoms with E-state index in [1.807, 2.05) is 37.3 Å². The molecule has 0 fully saturated rings. The van der Waals surface area contributed by atoms with Crippen LogP contribution in [0.1, 0.15) is 30.6 Å². The largest absolute Gasteiger partial charge is 0.462 e. The number of ether oxygens (including phenoxy) is 2. The van der Waals surface area contributed by atoms with E-state index in [2.05, 4.69) is 0 Å². The predicted octanol–water partition coefficient (Wildman–Crippen LogP) is 2.81. The quantitative estimate of drug-likeness (QED) is 0.774. The van der Waals surface area contributed by atoms with Crippen LogP contribution in [0.25, 0.3) is 0 Å². The smallest absolute Gasteiger partial charge is 0.227 e. The van der Waals surface area contributed by atoms with Gasteiger partial charge in [-0.05, 0) is 6.92 Å². The SMILES string of the molecule is C[C@@H]1O[C@@H](c2ccccc2)Oc2c1occc2=O. The predicted molar refractivity (Wildman–Crippen MR) is 64.3 cm³/mol. The van der Waals surface area contributed by atoms with Gasteiger partial charge in [-0.25, -0.2) is 0 Å². The van der Waals surface area contributed by atoms with Crippen LogP contribution in [0.15, 0.2) is 51.9 Å². The van der Waals surface area contributed by atoms with Gasteiger partial charge < -0.3 is 13.9 Å². The van der Waals surface area contributed by atoms with Gasteiger partial charge in [0, 0.05) is 11.6 Å². The number of fused-ring (bicyclic) bond motifs is 1. The monoisotopic (exact) mass is 244 g/mol. The van der Waals surface area contributed by atoms with Gasteiger partial charge >= 0.3 is 0 Å². The molecule has 4 heteroatoms. The van der Waals surface area contributed by atoms with Crippen LogP contribution < -0.4 is 10.2 Å². The zero-order chi connectivity index (χ0) is 12.5. The highest BCUT2D eigenvalue weighted by atomic mass is 16.7. The Morgan fingerprint density at radius 3 is 2.67 bits per heavy atom. The fraction of sp³-hybridized carbons (Fsp3) is 0.214. The minimum Gasteiger partial charge on any atom is -0.462 e.